The first kappa shape index (κ1) is 36.1. The van der Waals surface area contributed by atoms with Gasteiger partial charge in [0.15, 0.2) is 0 Å². The van der Waals surface area contributed by atoms with Crippen molar-refractivity contribution >= 4 is 40.4 Å². The van der Waals surface area contributed by atoms with E-state index in [1.807, 2.05) is 61.2 Å². The van der Waals surface area contributed by atoms with Crippen LogP contribution in [0.25, 0.3) is 33.9 Å². The van der Waals surface area contributed by atoms with Crippen LogP contribution in [-0.2, 0) is 20.9 Å². The summed E-state index contributed by atoms with van der Waals surface area (Å²) in [5.74, 6) is -0.0980. The zero-order valence-electron chi connectivity index (χ0n) is 32.2. The summed E-state index contributed by atoms with van der Waals surface area (Å²) in [6.07, 6.45) is 13.7. The van der Waals surface area contributed by atoms with E-state index < -0.39 is 5.54 Å². The average molecular weight is 752 g/mol. The molecular formula is C45H49N7O4. The minimum Gasteiger partial charge on any atom is -0.372 e. The lowest BCUT2D eigenvalue weighted by Crippen LogP contribution is -2.55. The summed E-state index contributed by atoms with van der Waals surface area (Å²) in [6, 6.07) is 21.8. The number of nitrogens with zero attached hydrogens (tertiary/aromatic N) is 5. The number of nitrogens with one attached hydrogen (secondary N) is 2. The van der Waals surface area contributed by atoms with Crippen molar-refractivity contribution in [2.24, 2.45) is 0 Å². The SMILES string of the molecule is C[C@@H]1CN(C(=O)C2=Cc3ccccc3-c3c(C4CCCCC4)c4ccc(C(=O)NC5(C(=O)Nc6ccc(-n7cncn7)cc6)CCCC5)cc4n3C2)C[C@H](C)O1. The zero-order valence-corrected chi connectivity index (χ0v) is 32.2. The monoisotopic (exact) mass is 751 g/mol. The first-order valence-corrected chi connectivity index (χ1v) is 20.3. The van der Waals surface area contributed by atoms with Gasteiger partial charge in [-0.05, 0) is 99.0 Å². The van der Waals surface area contributed by atoms with Crippen molar-refractivity contribution in [3.05, 3.63) is 102 Å². The minimum absolute atomic E-state index is 0.0202. The third-order valence-corrected chi connectivity index (χ3v) is 12.3. The van der Waals surface area contributed by atoms with Crippen LogP contribution in [0.2, 0.25) is 0 Å². The molecule has 288 valence electrons. The smallest absolute Gasteiger partial charge is 0.252 e. The van der Waals surface area contributed by atoms with Crippen LogP contribution in [0.5, 0.6) is 0 Å². The second kappa shape index (κ2) is 14.8. The van der Waals surface area contributed by atoms with Gasteiger partial charge in [0.25, 0.3) is 11.8 Å². The number of anilines is 1. The molecule has 3 fully saturated rings. The van der Waals surface area contributed by atoms with Crippen LogP contribution < -0.4 is 10.6 Å². The number of carbonyl (C=O) groups is 3. The Bertz CT molecular complexity index is 2300. The number of benzene rings is 3. The predicted octanol–water partition coefficient (Wildman–Crippen LogP) is 7.65. The third-order valence-electron chi connectivity index (χ3n) is 12.3. The highest BCUT2D eigenvalue weighted by Gasteiger charge is 2.43. The largest absolute Gasteiger partial charge is 0.372 e. The van der Waals surface area contributed by atoms with Crippen LogP contribution in [0.3, 0.4) is 0 Å². The Kier molecular flexibility index (Phi) is 9.57. The van der Waals surface area contributed by atoms with Gasteiger partial charge >= 0.3 is 0 Å². The van der Waals surface area contributed by atoms with Gasteiger partial charge in [0, 0.05) is 46.4 Å². The summed E-state index contributed by atoms with van der Waals surface area (Å²) in [5.41, 5.74) is 7.19. The van der Waals surface area contributed by atoms with E-state index >= 15 is 0 Å². The molecule has 0 unspecified atom stereocenters. The quantitative estimate of drug-likeness (QED) is 0.176. The fourth-order valence-electron chi connectivity index (χ4n) is 9.66. The lowest BCUT2D eigenvalue weighted by atomic mass is 9.81. The Balaban J connectivity index is 1.07. The number of amides is 3. The molecule has 9 rings (SSSR count). The highest BCUT2D eigenvalue weighted by Crippen LogP contribution is 2.47. The average Bonchev–Trinajstić information content (AvgIpc) is 3.97. The summed E-state index contributed by atoms with van der Waals surface area (Å²) in [7, 11) is 0. The van der Waals surface area contributed by atoms with Crippen molar-refractivity contribution in [1.82, 2.24) is 29.5 Å². The molecule has 5 aromatic rings. The fraction of sp³-hybridized carbons (Fsp3) is 0.400. The van der Waals surface area contributed by atoms with E-state index in [2.05, 4.69) is 55.6 Å². The van der Waals surface area contributed by atoms with Gasteiger partial charge in [0.2, 0.25) is 5.91 Å². The Morgan fingerprint density at radius 1 is 0.875 bits per heavy atom. The zero-order chi connectivity index (χ0) is 38.4. The van der Waals surface area contributed by atoms with E-state index in [1.54, 1.807) is 11.0 Å². The van der Waals surface area contributed by atoms with Crippen LogP contribution in [0.4, 0.5) is 5.69 Å². The molecule has 3 aromatic carbocycles. The normalized spacial score (nSPS) is 20.8. The highest BCUT2D eigenvalue weighted by molar-refractivity contribution is 6.07. The Morgan fingerprint density at radius 3 is 2.36 bits per heavy atom. The van der Waals surface area contributed by atoms with Crippen molar-refractivity contribution in [2.75, 3.05) is 18.4 Å². The molecule has 0 spiro atoms. The minimum atomic E-state index is -1.03. The Hall–Kier alpha value is -5.55. The van der Waals surface area contributed by atoms with Gasteiger partial charge in [-0.25, -0.2) is 9.67 Å². The molecule has 2 saturated carbocycles. The molecule has 2 aliphatic carbocycles. The van der Waals surface area contributed by atoms with Crippen molar-refractivity contribution in [3.63, 3.8) is 0 Å². The number of ether oxygens (including phenoxy) is 1. The van der Waals surface area contributed by atoms with Gasteiger partial charge in [0.1, 0.15) is 18.2 Å². The fourth-order valence-corrected chi connectivity index (χ4v) is 9.66. The summed E-state index contributed by atoms with van der Waals surface area (Å²) in [4.78, 5) is 48.7. The molecule has 3 amide bonds. The van der Waals surface area contributed by atoms with Crippen molar-refractivity contribution in [3.8, 4) is 16.9 Å². The van der Waals surface area contributed by atoms with E-state index in [4.69, 9.17) is 4.74 Å². The Labute approximate surface area is 327 Å². The maximum absolute atomic E-state index is 14.4. The summed E-state index contributed by atoms with van der Waals surface area (Å²) in [5, 5.41) is 11.6. The predicted molar refractivity (Wildman–Crippen MR) is 216 cm³/mol. The second-order valence-electron chi connectivity index (χ2n) is 16.2. The van der Waals surface area contributed by atoms with Gasteiger partial charge in [-0.15, -0.1) is 0 Å². The number of aromatic nitrogens is 4. The number of morpholine rings is 1. The number of hydrogen-bond acceptors (Lipinski definition) is 6. The molecule has 2 N–H and O–H groups in total. The molecule has 1 saturated heterocycles. The number of carbonyl (C=O) groups excluding carboxylic acids is 3. The number of hydrogen-bond donors (Lipinski definition) is 2. The molecular weight excluding hydrogens is 703 g/mol. The van der Waals surface area contributed by atoms with E-state index in [0.717, 1.165) is 64.7 Å². The molecule has 56 heavy (non-hydrogen) atoms. The maximum Gasteiger partial charge on any atom is 0.252 e. The van der Waals surface area contributed by atoms with Gasteiger partial charge in [0.05, 0.1) is 30.1 Å². The summed E-state index contributed by atoms with van der Waals surface area (Å²) < 4.78 is 9.93. The van der Waals surface area contributed by atoms with E-state index in [-0.39, 0.29) is 29.9 Å². The van der Waals surface area contributed by atoms with E-state index in [9.17, 15) is 14.4 Å². The standard InChI is InChI=1S/C45H49N7O4/c1-29-24-50(25-30(2)56-29)43(54)34-22-32-12-6-7-13-37(32)41-40(31-10-4-3-5-11-31)38-19-14-33(23-39(38)51(41)26-34)42(53)49-45(20-8-9-21-45)44(55)48-35-15-17-36(18-16-35)52-28-46-27-47-52/h6-7,12-19,22-23,27-31H,3-5,8-11,20-21,24-26H2,1-2H3,(H,48,55)(H,49,53)/t29-,30+. The lowest BCUT2D eigenvalue weighted by Gasteiger charge is -2.35. The molecule has 4 aliphatic rings. The second-order valence-corrected chi connectivity index (χ2v) is 16.2. The third kappa shape index (κ3) is 6.72. The maximum atomic E-state index is 14.4. The molecule has 2 aromatic heterocycles. The summed E-state index contributed by atoms with van der Waals surface area (Å²) in [6.45, 7) is 5.51. The van der Waals surface area contributed by atoms with Crippen LogP contribution in [-0.4, -0.2) is 72.8 Å². The molecule has 2 atom stereocenters. The first-order valence-electron chi connectivity index (χ1n) is 20.3. The number of fused-ring (bicyclic) bond motifs is 5. The Morgan fingerprint density at radius 2 is 1.62 bits per heavy atom. The van der Waals surface area contributed by atoms with Crippen LogP contribution in [0.1, 0.15) is 99.0 Å². The molecule has 11 nitrogen and oxygen atoms in total. The van der Waals surface area contributed by atoms with Gasteiger partial charge < -0.3 is 24.8 Å². The van der Waals surface area contributed by atoms with Crippen molar-refractivity contribution < 1.29 is 19.1 Å². The van der Waals surface area contributed by atoms with Crippen molar-refractivity contribution in [2.45, 2.75) is 102 Å². The lowest BCUT2D eigenvalue weighted by molar-refractivity contribution is -0.139. The molecule has 0 radical (unpaired) electrons. The van der Waals surface area contributed by atoms with Crippen molar-refractivity contribution in [1.29, 1.82) is 0 Å². The van der Waals surface area contributed by atoms with Crippen LogP contribution in [0, 0.1) is 0 Å². The van der Waals surface area contributed by atoms with E-state index in [0.29, 0.717) is 49.6 Å². The van der Waals surface area contributed by atoms with Gasteiger partial charge in [-0.2, -0.15) is 5.10 Å². The number of rotatable bonds is 7. The molecule has 4 heterocycles. The highest BCUT2D eigenvalue weighted by atomic mass is 16.5. The first-order chi connectivity index (χ1) is 27.3. The van der Waals surface area contributed by atoms with E-state index in [1.165, 1.54) is 31.2 Å². The topological polar surface area (TPSA) is 123 Å². The summed E-state index contributed by atoms with van der Waals surface area (Å²) >= 11 is 0. The van der Waals surface area contributed by atoms with Crippen LogP contribution in [0.15, 0.2) is 85.0 Å². The van der Waals surface area contributed by atoms with Crippen LogP contribution >= 0.6 is 0 Å². The molecule has 0 bridgehead atoms. The molecule has 2 aliphatic heterocycles. The van der Waals surface area contributed by atoms with Gasteiger partial charge in [-0.1, -0.05) is 62.4 Å². The molecule has 11 heteroatoms. The van der Waals surface area contributed by atoms with Gasteiger partial charge in [-0.3, -0.25) is 14.4 Å².